The third-order valence-electron chi connectivity index (χ3n) is 2.20. The Labute approximate surface area is 113 Å². The molecule has 0 aromatic heterocycles. The number of allylic oxidation sites excluding steroid dienone is 3. The van der Waals surface area contributed by atoms with Crippen molar-refractivity contribution in [3.8, 4) is 0 Å². The fourth-order valence-corrected chi connectivity index (χ4v) is 1.25. The van der Waals surface area contributed by atoms with Crippen molar-refractivity contribution in [2.45, 2.75) is 6.92 Å². The van der Waals surface area contributed by atoms with Crippen molar-refractivity contribution < 1.29 is 14.3 Å². The molecule has 0 aliphatic rings. The lowest BCUT2D eigenvalue weighted by Crippen LogP contribution is -2.22. The second kappa shape index (κ2) is 7.16. The quantitative estimate of drug-likeness (QED) is 0.474. The number of ketones is 1. The van der Waals surface area contributed by atoms with Crippen LogP contribution in [0.4, 0.5) is 4.79 Å². The van der Waals surface area contributed by atoms with E-state index < -0.39 is 6.09 Å². The first-order chi connectivity index (χ1) is 9.00. The molecule has 1 aromatic rings. The van der Waals surface area contributed by atoms with Crippen LogP contribution in [0.1, 0.15) is 12.5 Å². The monoisotopic (exact) mass is 259 g/mol. The number of hydrogen-bond donors (Lipinski definition) is 0. The van der Waals surface area contributed by atoms with E-state index in [-0.39, 0.29) is 5.78 Å². The Kier molecular flexibility index (Phi) is 5.54. The number of benzene rings is 1. The number of amides is 1. The van der Waals surface area contributed by atoms with E-state index in [2.05, 4.69) is 0 Å². The van der Waals surface area contributed by atoms with Crippen LogP contribution in [-0.2, 0) is 9.53 Å². The molecule has 19 heavy (non-hydrogen) atoms. The van der Waals surface area contributed by atoms with Crippen molar-refractivity contribution in [1.82, 2.24) is 4.90 Å². The maximum Gasteiger partial charge on any atom is 0.414 e. The molecular weight excluding hydrogens is 242 g/mol. The molecule has 0 heterocycles. The number of carbonyl (C=O) groups is 2. The summed E-state index contributed by atoms with van der Waals surface area (Å²) >= 11 is 0. The molecule has 0 aliphatic carbocycles. The van der Waals surface area contributed by atoms with E-state index in [9.17, 15) is 9.59 Å². The Balaban J connectivity index is 2.98. The lowest BCUT2D eigenvalue weighted by atomic mass is 10.2. The highest BCUT2D eigenvalue weighted by Gasteiger charge is 2.10. The Morgan fingerprint density at radius 3 is 2.32 bits per heavy atom. The maximum atomic E-state index is 11.6. The van der Waals surface area contributed by atoms with Gasteiger partial charge in [0, 0.05) is 19.7 Å². The van der Waals surface area contributed by atoms with Gasteiger partial charge in [-0.25, -0.2) is 4.79 Å². The van der Waals surface area contributed by atoms with Crippen LogP contribution in [-0.4, -0.2) is 30.9 Å². The summed E-state index contributed by atoms with van der Waals surface area (Å²) in [5, 5.41) is 0. The van der Waals surface area contributed by atoms with Gasteiger partial charge < -0.3 is 9.64 Å². The number of carbonyl (C=O) groups excluding carboxylic acids is 2. The van der Waals surface area contributed by atoms with Crippen LogP contribution in [0.3, 0.4) is 0 Å². The van der Waals surface area contributed by atoms with Gasteiger partial charge in [-0.1, -0.05) is 36.4 Å². The summed E-state index contributed by atoms with van der Waals surface area (Å²) < 4.78 is 5.27. The molecule has 1 amide bonds. The van der Waals surface area contributed by atoms with Crippen molar-refractivity contribution >= 4 is 17.6 Å². The molecule has 100 valence electrons. The molecule has 0 saturated carbocycles. The summed E-state index contributed by atoms with van der Waals surface area (Å²) in [6, 6.07) is 9.23. The molecule has 4 nitrogen and oxygen atoms in total. The molecule has 0 bridgehead atoms. The van der Waals surface area contributed by atoms with Crippen LogP contribution < -0.4 is 0 Å². The van der Waals surface area contributed by atoms with Gasteiger partial charge in [-0.15, -0.1) is 0 Å². The lowest BCUT2D eigenvalue weighted by Gasteiger charge is -2.13. The van der Waals surface area contributed by atoms with Gasteiger partial charge in [0.2, 0.25) is 0 Å². The zero-order valence-corrected chi connectivity index (χ0v) is 11.3. The first-order valence-electron chi connectivity index (χ1n) is 5.84. The topological polar surface area (TPSA) is 46.6 Å². The molecule has 0 unspecified atom stereocenters. The molecular formula is C15H17NO3. The Bertz CT molecular complexity index is 501. The number of nitrogens with zero attached hydrogens (tertiary/aromatic N) is 1. The second-order valence-corrected chi connectivity index (χ2v) is 4.13. The number of rotatable bonds is 4. The summed E-state index contributed by atoms with van der Waals surface area (Å²) in [5.74, 6) is 0.333. The standard InChI is InChI=1S/C15H17NO3/c1-12(17)8-7-11-14(19-15(18)16(2)3)13-9-5-4-6-10-13/h4-11H,1-3H3/b8-7+,14-11-. The SMILES string of the molecule is CC(=O)/C=C/C=C(\OC(=O)N(C)C)c1ccccc1. The average Bonchev–Trinajstić information content (AvgIpc) is 2.38. The third kappa shape index (κ3) is 5.21. The first-order valence-corrected chi connectivity index (χ1v) is 5.84. The molecule has 0 saturated heterocycles. The zero-order valence-electron chi connectivity index (χ0n) is 11.3. The van der Waals surface area contributed by atoms with Crippen molar-refractivity contribution in [2.75, 3.05) is 14.1 Å². The lowest BCUT2D eigenvalue weighted by molar-refractivity contribution is -0.112. The van der Waals surface area contributed by atoms with E-state index >= 15 is 0 Å². The van der Waals surface area contributed by atoms with Gasteiger partial charge in [0.1, 0.15) is 5.76 Å². The predicted molar refractivity (Wildman–Crippen MR) is 74.4 cm³/mol. The summed E-state index contributed by atoms with van der Waals surface area (Å²) in [5.41, 5.74) is 0.769. The van der Waals surface area contributed by atoms with E-state index in [0.29, 0.717) is 5.76 Å². The highest BCUT2D eigenvalue weighted by molar-refractivity contribution is 5.88. The molecule has 0 atom stereocenters. The minimum atomic E-state index is -0.466. The summed E-state index contributed by atoms with van der Waals surface area (Å²) in [6.45, 7) is 1.46. The Morgan fingerprint density at radius 2 is 1.79 bits per heavy atom. The van der Waals surface area contributed by atoms with Gasteiger partial charge >= 0.3 is 6.09 Å². The predicted octanol–water partition coefficient (Wildman–Crippen LogP) is 2.87. The largest absolute Gasteiger partial charge is 0.414 e. The van der Waals surface area contributed by atoms with E-state index in [1.807, 2.05) is 30.3 Å². The molecule has 1 rings (SSSR count). The molecule has 0 spiro atoms. The zero-order chi connectivity index (χ0) is 14.3. The smallest absolute Gasteiger partial charge is 0.410 e. The average molecular weight is 259 g/mol. The van der Waals surface area contributed by atoms with Gasteiger partial charge in [-0.2, -0.15) is 0 Å². The van der Waals surface area contributed by atoms with Crippen LogP contribution in [0.25, 0.3) is 5.76 Å². The van der Waals surface area contributed by atoms with Crippen LogP contribution in [0.2, 0.25) is 0 Å². The van der Waals surface area contributed by atoms with Crippen LogP contribution >= 0.6 is 0 Å². The van der Waals surface area contributed by atoms with Crippen molar-refractivity contribution in [3.05, 3.63) is 54.1 Å². The van der Waals surface area contributed by atoms with E-state index in [4.69, 9.17) is 4.74 Å². The van der Waals surface area contributed by atoms with E-state index in [1.165, 1.54) is 17.9 Å². The molecule has 0 fully saturated rings. The van der Waals surface area contributed by atoms with Crippen molar-refractivity contribution in [3.63, 3.8) is 0 Å². The second-order valence-electron chi connectivity index (χ2n) is 4.13. The first kappa shape index (κ1) is 14.7. The number of ether oxygens (including phenoxy) is 1. The Hall–Kier alpha value is -2.36. The van der Waals surface area contributed by atoms with Crippen molar-refractivity contribution in [1.29, 1.82) is 0 Å². The molecule has 1 aromatic carbocycles. The van der Waals surface area contributed by atoms with Gasteiger partial charge in [0.15, 0.2) is 5.78 Å². The van der Waals surface area contributed by atoms with Crippen LogP contribution in [0.15, 0.2) is 48.6 Å². The Morgan fingerprint density at radius 1 is 1.16 bits per heavy atom. The number of hydrogen-bond acceptors (Lipinski definition) is 3. The highest BCUT2D eigenvalue weighted by Crippen LogP contribution is 2.16. The summed E-state index contributed by atoms with van der Waals surface area (Å²) in [4.78, 5) is 23.8. The van der Waals surface area contributed by atoms with Crippen molar-refractivity contribution in [2.24, 2.45) is 0 Å². The molecule has 4 heteroatoms. The molecule has 0 aliphatic heterocycles. The third-order valence-corrected chi connectivity index (χ3v) is 2.20. The minimum Gasteiger partial charge on any atom is -0.410 e. The maximum absolute atomic E-state index is 11.6. The van der Waals surface area contributed by atoms with Gasteiger partial charge in [0.05, 0.1) is 0 Å². The fourth-order valence-electron chi connectivity index (χ4n) is 1.25. The van der Waals surface area contributed by atoms with Gasteiger partial charge in [0.25, 0.3) is 0 Å². The van der Waals surface area contributed by atoms with Crippen LogP contribution in [0.5, 0.6) is 0 Å². The fraction of sp³-hybridized carbons (Fsp3) is 0.200. The van der Waals surface area contributed by atoms with Gasteiger partial charge in [-0.3, -0.25) is 4.79 Å². The normalized spacial score (nSPS) is 11.4. The van der Waals surface area contributed by atoms with E-state index in [1.54, 1.807) is 26.2 Å². The van der Waals surface area contributed by atoms with Crippen LogP contribution in [0, 0.1) is 0 Å². The van der Waals surface area contributed by atoms with Gasteiger partial charge in [-0.05, 0) is 19.1 Å². The highest BCUT2D eigenvalue weighted by atomic mass is 16.6. The molecule has 0 N–H and O–H groups in total. The summed E-state index contributed by atoms with van der Waals surface area (Å²) in [7, 11) is 3.21. The minimum absolute atomic E-state index is 0.0670. The summed E-state index contributed by atoms with van der Waals surface area (Å²) in [6.07, 6.45) is 4.10. The van der Waals surface area contributed by atoms with E-state index in [0.717, 1.165) is 5.56 Å². The molecule has 0 radical (unpaired) electrons.